The number of hydrogen-bond acceptors (Lipinski definition) is 5. The molecular formula is C12H11N5S. The van der Waals surface area contributed by atoms with E-state index in [4.69, 9.17) is 0 Å². The highest BCUT2D eigenvalue weighted by Crippen LogP contribution is 2.34. The molecule has 1 fully saturated rings. The van der Waals surface area contributed by atoms with Crippen LogP contribution in [-0.4, -0.2) is 19.7 Å². The molecule has 90 valence electrons. The van der Waals surface area contributed by atoms with Crippen molar-refractivity contribution in [3.63, 3.8) is 0 Å². The second kappa shape index (κ2) is 3.78. The minimum atomic E-state index is 0.598. The molecule has 3 aromatic heterocycles. The Balaban J connectivity index is 1.61. The number of fused-ring (bicyclic) bond motifs is 1. The van der Waals surface area contributed by atoms with Gasteiger partial charge < -0.3 is 5.32 Å². The lowest BCUT2D eigenvalue weighted by Crippen LogP contribution is -1.95. The summed E-state index contributed by atoms with van der Waals surface area (Å²) in [7, 11) is 0. The highest BCUT2D eigenvalue weighted by molar-refractivity contribution is 7.17. The van der Waals surface area contributed by atoms with Crippen molar-refractivity contribution in [2.45, 2.75) is 18.9 Å². The van der Waals surface area contributed by atoms with E-state index >= 15 is 0 Å². The highest BCUT2D eigenvalue weighted by Gasteiger charge is 2.24. The maximum atomic E-state index is 4.45. The number of anilines is 2. The number of aromatic nitrogens is 4. The predicted octanol–water partition coefficient (Wildman–Crippen LogP) is 2.97. The Morgan fingerprint density at radius 1 is 1.33 bits per heavy atom. The monoisotopic (exact) mass is 257 g/mol. The summed E-state index contributed by atoms with van der Waals surface area (Å²) in [6.07, 6.45) is 8.15. The number of nitrogens with one attached hydrogen (secondary N) is 1. The summed E-state index contributed by atoms with van der Waals surface area (Å²) in [5.41, 5.74) is 1.92. The fraction of sp³-hybridized carbons (Fsp3) is 0.250. The van der Waals surface area contributed by atoms with E-state index in [0.717, 1.165) is 15.9 Å². The van der Waals surface area contributed by atoms with Crippen molar-refractivity contribution in [1.29, 1.82) is 0 Å². The number of rotatable bonds is 3. The molecule has 3 aromatic rings. The molecule has 3 heterocycles. The van der Waals surface area contributed by atoms with Crippen LogP contribution in [0.25, 0.3) is 10.2 Å². The lowest BCUT2D eigenvalue weighted by molar-refractivity contribution is 0.642. The highest BCUT2D eigenvalue weighted by atomic mass is 32.1. The van der Waals surface area contributed by atoms with E-state index < -0.39 is 0 Å². The Morgan fingerprint density at radius 3 is 3.17 bits per heavy atom. The zero-order chi connectivity index (χ0) is 11.9. The molecule has 1 aliphatic carbocycles. The summed E-state index contributed by atoms with van der Waals surface area (Å²) >= 11 is 1.65. The molecule has 1 saturated carbocycles. The molecule has 18 heavy (non-hydrogen) atoms. The van der Waals surface area contributed by atoms with Gasteiger partial charge in [0.2, 0.25) is 5.95 Å². The van der Waals surface area contributed by atoms with Crippen molar-refractivity contribution in [3.8, 4) is 0 Å². The minimum Gasteiger partial charge on any atom is -0.321 e. The fourth-order valence-electron chi connectivity index (χ4n) is 1.90. The van der Waals surface area contributed by atoms with Gasteiger partial charge in [0.1, 0.15) is 0 Å². The van der Waals surface area contributed by atoms with Crippen LogP contribution < -0.4 is 5.32 Å². The van der Waals surface area contributed by atoms with Crippen LogP contribution in [0.5, 0.6) is 0 Å². The van der Waals surface area contributed by atoms with Gasteiger partial charge in [-0.1, -0.05) is 0 Å². The van der Waals surface area contributed by atoms with Crippen LogP contribution in [0.4, 0.5) is 11.6 Å². The van der Waals surface area contributed by atoms with Gasteiger partial charge in [0.05, 0.1) is 34.3 Å². The summed E-state index contributed by atoms with van der Waals surface area (Å²) in [5.74, 6) is 0.622. The SMILES string of the molecule is c1cc2nc(Nc3cnn(C4CC4)c3)ncc2s1. The van der Waals surface area contributed by atoms with E-state index in [1.54, 1.807) is 11.3 Å². The van der Waals surface area contributed by atoms with Crippen LogP contribution in [0, 0.1) is 0 Å². The maximum Gasteiger partial charge on any atom is 0.227 e. The molecule has 1 N–H and O–H groups in total. The molecule has 0 unspecified atom stereocenters. The Bertz CT molecular complexity index is 697. The van der Waals surface area contributed by atoms with Gasteiger partial charge in [0, 0.05) is 6.20 Å². The molecule has 6 heteroatoms. The third kappa shape index (κ3) is 1.74. The van der Waals surface area contributed by atoms with E-state index in [2.05, 4.69) is 20.4 Å². The Morgan fingerprint density at radius 2 is 2.28 bits per heavy atom. The van der Waals surface area contributed by atoms with Crippen LogP contribution in [-0.2, 0) is 0 Å². The second-order valence-corrected chi connectivity index (χ2v) is 5.38. The van der Waals surface area contributed by atoms with Crippen LogP contribution in [0.15, 0.2) is 30.0 Å². The molecule has 4 rings (SSSR count). The van der Waals surface area contributed by atoms with E-state index in [1.165, 1.54) is 12.8 Å². The van der Waals surface area contributed by atoms with Crippen LogP contribution in [0.3, 0.4) is 0 Å². The first-order valence-corrected chi connectivity index (χ1v) is 6.78. The first kappa shape index (κ1) is 10.0. The maximum absolute atomic E-state index is 4.45. The van der Waals surface area contributed by atoms with Crippen LogP contribution >= 0.6 is 11.3 Å². The number of nitrogens with zero attached hydrogens (tertiary/aromatic N) is 4. The fourth-order valence-corrected chi connectivity index (χ4v) is 2.59. The first-order valence-electron chi connectivity index (χ1n) is 5.90. The minimum absolute atomic E-state index is 0.598. The van der Waals surface area contributed by atoms with Crippen molar-refractivity contribution >= 4 is 33.2 Å². The molecule has 5 nitrogen and oxygen atoms in total. The second-order valence-electron chi connectivity index (χ2n) is 4.43. The van der Waals surface area contributed by atoms with Gasteiger partial charge >= 0.3 is 0 Å². The standard InChI is InChI=1S/C12H11N5S/c1-2-9(1)17-7-8(5-14-17)15-12-13-6-11-10(16-12)3-4-18-11/h3-7,9H,1-2H2,(H,13,15,16). The van der Waals surface area contributed by atoms with Crippen molar-refractivity contribution in [2.24, 2.45) is 0 Å². The number of hydrogen-bond donors (Lipinski definition) is 1. The molecule has 0 atom stereocenters. The Hall–Kier alpha value is -1.95. The van der Waals surface area contributed by atoms with Crippen LogP contribution in [0.1, 0.15) is 18.9 Å². The molecular weight excluding hydrogens is 246 g/mol. The summed E-state index contributed by atoms with van der Waals surface area (Å²) in [6.45, 7) is 0. The van der Waals surface area contributed by atoms with Gasteiger partial charge in [-0.05, 0) is 24.3 Å². The average Bonchev–Trinajstić information content (AvgIpc) is 2.95. The normalized spacial score (nSPS) is 15.1. The van der Waals surface area contributed by atoms with E-state index in [-0.39, 0.29) is 0 Å². The number of thiophene rings is 1. The van der Waals surface area contributed by atoms with Crippen molar-refractivity contribution in [3.05, 3.63) is 30.0 Å². The molecule has 0 radical (unpaired) electrons. The lowest BCUT2D eigenvalue weighted by Gasteiger charge is -2.00. The van der Waals surface area contributed by atoms with Gasteiger partial charge in [0.25, 0.3) is 0 Å². The molecule has 0 bridgehead atoms. The van der Waals surface area contributed by atoms with Gasteiger partial charge in [-0.15, -0.1) is 11.3 Å². The quantitative estimate of drug-likeness (QED) is 0.783. The summed E-state index contributed by atoms with van der Waals surface area (Å²) in [4.78, 5) is 8.75. The van der Waals surface area contributed by atoms with E-state index in [9.17, 15) is 0 Å². The van der Waals surface area contributed by atoms with Crippen LogP contribution in [0.2, 0.25) is 0 Å². The summed E-state index contributed by atoms with van der Waals surface area (Å²) in [6, 6.07) is 2.60. The first-order chi connectivity index (χ1) is 8.88. The van der Waals surface area contributed by atoms with E-state index in [1.807, 2.05) is 34.7 Å². The smallest absolute Gasteiger partial charge is 0.227 e. The average molecular weight is 257 g/mol. The zero-order valence-corrected chi connectivity index (χ0v) is 10.4. The van der Waals surface area contributed by atoms with E-state index in [0.29, 0.717) is 12.0 Å². The Labute approximate surface area is 107 Å². The van der Waals surface area contributed by atoms with Crippen molar-refractivity contribution in [1.82, 2.24) is 19.7 Å². The zero-order valence-electron chi connectivity index (χ0n) is 9.58. The molecule has 0 saturated heterocycles. The van der Waals surface area contributed by atoms with Gasteiger partial charge in [0.15, 0.2) is 0 Å². The lowest BCUT2D eigenvalue weighted by atomic mass is 10.5. The van der Waals surface area contributed by atoms with Gasteiger partial charge in [-0.25, -0.2) is 9.97 Å². The largest absolute Gasteiger partial charge is 0.321 e. The predicted molar refractivity (Wildman–Crippen MR) is 71.2 cm³/mol. The third-order valence-corrected chi connectivity index (χ3v) is 3.82. The Kier molecular flexibility index (Phi) is 2.10. The third-order valence-electron chi connectivity index (χ3n) is 2.98. The summed E-state index contributed by atoms with van der Waals surface area (Å²) < 4.78 is 3.11. The van der Waals surface area contributed by atoms with Gasteiger partial charge in [-0.3, -0.25) is 4.68 Å². The van der Waals surface area contributed by atoms with Crippen molar-refractivity contribution in [2.75, 3.05) is 5.32 Å². The molecule has 0 spiro atoms. The molecule has 0 aliphatic heterocycles. The van der Waals surface area contributed by atoms with Gasteiger partial charge in [-0.2, -0.15) is 5.10 Å². The summed E-state index contributed by atoms with van der Waals surface area (Å²) in [5, 5.41) is 9.54. The van der Waals surface area contributed by atoms with Crippen molar-refractivity contribution < 1.29 is 0 Å². The molecule has 0 aromatic carbocycles. The molecule has 0 amide bonds. The molecule has 1 aliphatic rings. The topological polar surface area (TPSA) is 55.6 Å².